The van der Waals surface area contributed by atoms with Gasteiger partial charge < -0.3 is 4.90 Å². The van der Waals surface area contributed by atoms with E-state index in [0.29, 0.717) is 0 Å². The second-order valence-corrected chi connectivity index (χ2v) is 15.2. The van der Waals surface area contributed by atoms with Crippen LogP contribution in [0.5, 0.6) is 0 Å². The van der Waals surface area contributed by atoms with Crippen LogP contribution in [0.3, 0.4) is 0 Å². The van der Waals surface area contributed by atoms with E-state index in [9.17, 15) is 0 Å². The van der Waals surface area contributed by atoms with Gasteiger partial charge in [0.25, 0.3) is 0 Å². The molecule has 0 spiro atoms. The van der Waals surface area contributed by atoms with Crippen LogP contribution in [0, 0.1) is 0 Å². The van der Waals surface area contributed by atoms with E-state index < -0.39 is 0 Å². The number of rotatable bonds is 5. The van der Waals surface area contributed by atoms with E-state index in [1.807, 2.05) is 11.3 Å². The largest absolute Gasteiger partial charge is 0.310 e. The van der Waals surface area contributed by atoms with Crippen LogP contribution in [0.25, 0.3) is 64.3 Å². The van der Waals surface area contributed by atoms with Gasteiger partial charge in [-0.15, -0.1) is 11.3 Å². The molecule has 10 rings (SSSR count). The van der Waals surface area contributed by atoms with Crippen LogP contribution in [-0.4, -0.2) is 0 Å². The van der Waals surface area contributed by atoms with E-state index >= 15 is 0 Å². The number of anilines is 3. The fourth-order valence-corrected chi connectivity index (χ4v) is 9.64. The molecule has 0 unspecified atom stereocenters. The molecule has 0 atom stereocenters. The minimum absolute atomic E-state index is 0.0824. The average Bonchev–Trinajstić information content (AvgIpc) is 3.68. The fraction of sp³-hybridized carbons (Fsp3) is 0.0612. The summed E-state index contributed by atoms with van der Waals surface area (Å²) in [6, 6.07) is 64.7. The van der Waals surface area contributed by atoms with Gasteiger partial charge in [-0.1, -0.05) is 153 Å². The third-order valence-electron chi connectivity index (χ3n) is 10.9. The maximum absolute atomic E-state index is 2.45. The number of hydrogen-bond donors (Lipinski definition) is 0. The lowest BCUT2D eigenvalue weighted by molar-refractivity contribution is 0.660. The van der Waals surface area contributed by atoms with Gasteiger partial charge in [0.05, 0.1) is 5.69 Å². The van der Waals surface area contributed by atoms with Crippen molar-refractivity contribution in [2.45, 2.75) is 19.3 Å². The molecule has 0 saturated heterocycles. The van der Waals surface area contributed by atoms with E-state index in [0.717, 1.165) is 11.4 Å². The van der Waals surface area contributed by atoms with Crippen LogP contribution in [-0.2, 0) is 5.41 Å². The Morgan fingerprint density at radius 1 is 0.451 bits per heavy atom. The van der Waals surface area contributed by atoms with Gasteiger partial charge in [0.2, 0.25) is 0 Å². The molecular formula is C49H35NS. The molecule has 0 fully saturated rings. The highest BCUT2D eigenvalue weighted by atomic mass is 32.1. The molecule has 1 nitrogen and oxygen atoms in total. The van der Waals surface area contributed by atoms with Crippen molar-refractivity contribution in [3.8, 4) is 33.4 Å². The fourth-order valence-electron chi connectivity index (χ4n) is 8.37. The van der Waals surface area contributed by atoms with Crippen molar-refractivity contribution < 1.29 is 0 Å². The lowest BCUT2D eigenvalue weighted by Crippen LogP contribution is -2.16. The van der Waals surface area contributed by atoms with Gasteiger partial charge in [0.1, 0.15) is 0 Å². The minimum atomic E-state index is -0.0824. The summed E-state index contributed by atoms with van der Waals surface area (Å²) in [5, 5.41) is 5.27. The summed E-state index contributed by atoms with van der Waals surface area (Å²) in [5.74, 6) is 0. The normalized spacial score (nSPS) is 13.1. The Morgan fingerprint density at radius 3 is 1.88 bits per heavy atom. The summed E-state index contributed by atoms with van der Waals surface area (Å²) in [7, 11) is 0. The maximum atomic E-state index is 2.45. The van der Waals surface area contributed by atoms with Gasteiger partial charge >= 0.3 is 0 Å². The quantitative estimate of drug-likeness (QED) is 0.176. The monoisotopic (exact) mass is 669 g/mol. The Balaban J connectivity index is 1.15. The summed E-state index contributed by atoms with van der Waals surface area (Å²) in [5.41, 5.74) is 13.7. The van der Waals surface area contributed by atoms with Crippen LogP contribution < -0.4 is 4.90 Å². The number of thiophene rings is 1. The number of fused-ring (bicyclic) bond motifs is 8. The van der Waals surface area contributed by atoms with Crippen LogP contribution in [0.15, 0.2) is 176 Å². The Morgan fingerprint density at radius 2 is 1.08 bits per heavy atom. The maximum Gasteiger partial charge on any atom is 0.0543 e. The highest BCUT2D eigenvalue weighted by Gasteiger charge is 2.37. The van der Waals surface area contributed by atoms with Gasteiger partial charge in [-0.25, -0.2) is 0 Å². The van der Waals surface area contributed by atoms with Crippen molar-refractivity contribution in [1.29, 1.82) is 0 Å². The van der Waals surface area contributed by atoms with Crippen molar-refractivity contribution in [3.05, 3.63) is 187 Å². The van der Waals surface area contributed by atoms with Gasteiger partial charge in [-0.05, 0) is 80.7 Å². The molecule has 9 aromatic rings. The standard InChI is InChI=1S/C49H35NS/c1-49(2)42-18-8-6-16-41(42)47-43(49)19-11-20-44(47)50(36-27-22-33(23-28-36)32-12-4-3-5-13-32)37-29-24-34(25-30-37)38-17-10-14-35-26-31-40-39-15-7-9-21-45(39)51-48(40)46(35)38/h3-31H,1-2H3. The molecule has 2 heteroatoms. The summed E-state index contributed by atoms with van der Waals surface area (Å²) < 4.78 is 2.69. The first-order valence-corrected chi connectivity index (χ1v) is 18.5. The van der Waals surface area contributed by atoms with E-state index in [1.165, 1.54) is 81.1 Å². The Labute approximate surface area is 302 Å². The van der Waals surface area contributed by atoms with Gasteiger partial charge in [-0.3, -0.25) is 0 Å². The third-order valence-corrected chi connectivity index (χ3v) is 12.1. The summed E-state index contributed by atoms with van der Waals surface area (Å²) in [6.45, 7) is 4.71. The van der Waals surface area contributed by atoms with Crippen molar-refractivity contribution >= 4 is 59.3 Å². The highest BCUT2D eigenvalue weighted by molar-refractivity contribution is 7.26. The summed E-state index contributed by atoms with van der Waals surface area (Å²) in [6.07, 6.45) is 0. The van der Waals surface area contributed by atoms with Crippen LogP contribution in [0.2, 0.25) is 0 Å². The van der Waals surface area contributed by atoms with Gasteiger partial charge in [0.15, 0.2) is 0 Å². The first-order valence-electron chi connectivity index (χ1n) is 17.7. The molecule has 242 valence electrons. The van der Waals surface area contributed by atoms with E-state index in [-0.39, 0.29) is 5.41 Å². The molecule has 1 aliphatic rings. The topological polar surface area (TPSA) is 3.24 Å². The number of nitrogens with zero attached hydrogens (tertiary/aromatic N) is 1. The smallest absolute Gasteiger partial charge is 0.0543 e. The zero-order valence-corrected chi connectivity index (χ0v) is 29.4. The van der Waals surface area contributed by atoms with Crippen LogP contribution >= 0.6 is 11.3 Å². The first-order chi connectivity index (χ1) is 25.1. The molecule has 0 bridgehead atoms. The minimum Gasteiger partial charge on any atom is -0.310 e. The number of hydrogen-bond acceptors (Lipinski definition) is 2. The van der Waals surface area contributed by atoms with Crippen LogP contribution in [0.4, 0.5) is 17.1 Å². The molecule has 0 amide bonds. The van der Waals surface area contributed by atoms with Gasteiger partial charge in [-0.2, -0.15) is 0 Å². The molecule has 1 heterocycles. The highest BCUT2D eigenvalue weighted by Crippen LogP contribution is 2.54. The van der Waals surface area contributed by atoms with Crippen molar-refractivity contribution in [1.82, 2.24) is 0 Å². The lowest BCUT2D eigenvalue weighted by atomic mass is 9.82. The third kappa shape index (κ3) is 4.67. The van der Waals surface area contributed by atoms with Crippen molar-refractivity contribution in [2.75, 3.05) is 4.90 Å². The molecule has 8 aromatic carbocycles. The summed E-state index contributed by atoms with van der Waals surface area (Å²) in [4.78, 5) is 2.45. The molecule has 0 N–H and O–H groups in total. The Bertz CT molecular complexity index is 2750. The lowest BCUT2D eigenvalue weighted by Gasteiger charge is -2.29. The zero-order chi connectivity index (χ0) is 34.1. The van der Waals surface area contributed by atoms with Crippen molar-refractivity contribution in [2.24, 2.45) is 0 Å². The van der Waals surface area contributed by atoms with Crippen LogP contribution in [0.1, 0.15) is 25.0 Å². The predicted octanol–water partition coefficient (Wildman–Crippen LogP) is 14.3. The molecule has 0 aliphatic heterocycles. The van der Waals surface area contributed by atoms with Gasteiger partial charge in [0, 0.05) is 47.9 Å². The first kappa shape index (κ1) is 29.9. The average molecular weight is 670 g/mol. The molecule has 0 radical (unpaired) electrons. The van der Waals surface area contributed by atoms with E-state index in [4.69, 9.17) is 0 Å². The van der Waals surface area contributed by atoms with E-state index in [1.54, 1.807) is 0 Å². The van der Waals surface area contributed by atoms with E-state index in [2.05, 4.69) is 195 Å². The van der Waals surface area contributed by atoms with Crippen molar-refractivity contribution in [3.63, 3.8) is 0 Å². The summed E-state index contributed by atoms with van der Waals surface area (Å²) >= 11 is 1.90. The molecule has 1 aliphatic carbocycles. The molecule has 1 aromatic heterocycles. The second-order valence-electron chi connectivity index (χ2n) is 14.1. The zero-order valence-electron chi connectivity index (χ0n) is 28.6. The Hall–Kier alpha value is -5.96. The molecule has 51 heavy (non-hydrogen) atoms. The SMILES string of the molecule is CC1(C)c2ccccc2-c2c(N(c3ccc(-c4ccccc4)cc3)c3ccc(-c4cccc5ccc6c7ccccc7sc6c45)cc3)cccc21. The Kier molecular flexibility index (Phi) is 6.78. The number of benzene rings is 8. The molecular weight excluding hydrogens is 635 g/mol. The second kappa shape index (κ2) is 11.6. The predicted molar refractivity (Wildman–Crippen MR) is 220 cm³/mol. The molecule has 0 saturated carbocycles.